The van der Waals surface area contributed by atoms with Gasteiger partial charge in [-0.25, -0.2) is 8.78 Å². The van der Waals surface area contributed by atoms with Gasteiger partial charge in [-0.2, -0.15) is 0 Å². The van der Waals surface area contributed by atoms with Gasteiger partial charge in [0.05, 0.1) is 11.6 Å². The first-order chi connectivity index (χ1) is 14.0. The molecule has 7 heteroatoms. The van der Waals surface area contributed by atoms with Gasteiger partial charge in [0, 0.05) is 24.2 Å². The molecule has 2 amide bonds. The predicted molar refractivity (Wildman–Crippen MR) is 103 cm³/mol. The second-order valence-electron chi connectivity index (χ2n) is 7.50. The van der Waals surface area contributed by atoms with Gasteiger partial charge in [-0.3, -0.25) is 9.59 Å². The highest BCUT2D eigenvalue weighted by molar-refractivity contribution is 5.95. The van der Waals surface area contributed by atoms with Gasteiger partial charge in [0.25, 0.3) is 11.8 Å². The van der Waals surface area contributed by atoms with Crippen molar-refractivity contribution in [2.45, 2.75) is 37.8 Å². The molecule has 2 aromatic carbocycles. The van der Waals surface area contributed by atoms with Gasteiger partial charge in [0.2, 0.25) is 0 Å². The zero-order chi connectivity index (χ0) is 20.4. The zero-order valence-electron chi connectivity index (χ0n) is 15.9. The van der Waals surface area contributed by atoms with Crippen LogP contribution in [0.3, 0.4) is 0 Å². The van der Waals surface area contributed by atoms with Crippen LogP contribution in [-0.2, 0) is 0 Å². The molecule has 152 valence electrons. The van der Waals surface area contributed by atoms with Crippen LogP contribution >= 0.6 is 0 Å². The largest absolute Gasteiger partial charge is 0.491 e. The third-order valence-corrected chi connectivity index (χ3v) is 5.27. The fraction of sp³-hybridized carbons (Fsp3) is 0.364. The summed E-state index contributed by atoms with van der Waals surface area (Å²) in [5.74, 6) is -1.52. The summed E-state index contributed by atoms with van der Waals surface area (Å²) in [4.78, 5) is 26.3. The summed E-state index contributed by atoms with van der Waals surface area (Å²) < 4.78 is 32.9. The Morgan fingerprint density at radius 2 is 1.83 bits per heavy atom. The highest BCUT2D eigenvalue weighted by atomic mass is 19.1. The Morgan fingerprint density at radius 3 is 2.52 bits per heavy atom. The van der Waals surface area contributed by atoms with Crippen LogP contribution in [0.1, 0.15) is 46.4 Å². The molecule has 2 aliphatic rings. The van der Waals surface area contributed by atoms with E-state index in [0.717, 1.165) is 37.8 Å². The summed E-state index contributed by atoms with van der Waals surface area (Å²) in [6.45, 7) is 0.770. The quantitative estimate of drug-likeness (QED) is 0.807. The van der Waals surface area contributed by atoms with E-state index in [9.17, 15) is 18.4 Å². The van der Waals surface area contributed by atoms with Gasteiger partial charge in [-0.15, -0.1) is 0 Å². The van der Waals surface area contributed by atoms with Crippen LogP contribution in [0.5, 0.6) is 5.75 Å². The number of carbonyl (C=O) groups is 2. The number of amides is 2. The van der Waals surface area contributed by atoms with Crippen molar-refractivity contribution in [3.8, 4) is 5.75 Å². The van der Waals surface area contributed by atoms with Crippen LogP contribution in [-0.4, -0.2) is 41.9 Å². The van der Waals surface area contributed by atoms with Gasteiger partial charge in [0.1, 0.15) is 24.0 Å². The predicted octanol–water partition coefficient (Wildman–Crippen LogP) is 3.54. The standard InChI is InChI=1S/C22H22F2N2O3/c23-15-5-10-19(20(24)12-15)22(28)26-11-1-2-17(26)13-29-18-8-3-14(4-9-18)21(27)25-16-6-7-16/h3-5,8-10,12,16-17H,1-2,6-7,11,13H2,(H,25,27). The molecule has 0 spiro atoms. The molecule has 1 heterocycles. The Kier molecular flexibility index (Phi) is 5.47. The van der Waals surface area contributed by atoms with E-state index >= 15 is 0 Å². The molecule has 1 saturated carbocycles. The molecule has 0 radical (unpaired) electrons. The number of hydrogen-bond acceptors (Lipinski definition) is 3. The summed E-state index contributed by atoms with van der Waals surface area (Å²) in [6.07, 6.45) is 3.61. The van der Waals surface area contributed by atoms with E-state index in [1.807, 2.05) is 0 Å². The van der Waals surface area contributed by atoms with Crippen LogP contribution in [0.4, 0.5) is 8.78 Å². The monoisotopic (exact) mass is 400 g/mol. The highest BCUT2D eigenvalue weighted by Gasteiger charge is 2.31. The molecule has 1 atom stereocenters. The molecule has 4 rings (SSSR count). The molecule has 1 N–H and O–H groups in total. The third kappa shape index (κ3) is 4.55. The van der Waals surface area contributed by atoms with Crippen molar-refractivity contribution >= 4 is 11.8 Å². The molecule has 1 saturated heterocycles. The van der Waals surface area contributed by atoms with Crippen molar-refractivity contribution in [3.05, 3.63) is 65.2 Å². The van der Waals surface area contributed by atoms with Crippen LogP contribution in [0.2, 0.25) is 0 Å². The number of benzene rings is 2. The maximum absolute atomic E-state index is 14.0. The average molecular weight is 400 g/mol. The fourth-order valence-corrected chi connectivity index (χ4v) is 3.49. The SMILES string of the molecule is O=C(NC1CC1)c1ccc(OCC2CCCN2C(=O)c2ccc(F)cc2F)cc1. The zero-order valence-corrected chi connectivity index (χ0v) is 15.9. The first-order valence-corrected chi connectivity index (χ1v) is 9.81. The normalized spacial score (nSPS) is 18.6. The summed E-state index contributed by atoms with van der Waals surface area (Å²) in [5.41, 5.74) is 0.443. The van der Waals surface area contributed by atoms with E-state index in [1.165, 1.54) is 6.07 Å². The van der Waals surface area contributed by atoms with Crippen LogP contribution in [0, 0.1) is 11.6 Å². The third-order valence-electron chi connectivity index (χ3n) is 5.27. The second kappa shape index (κ2) is 8.19. The number of ether oxygens (including phenoxy) is 1. The number of rotatable bonds is 6. The number of hydrogen-bond donors (Lipinski definition) is 1. The van der Waals surface area contributed by atoms with Crippen molar-refractivity contribution in [3.63, 3.8) is 0 Å². The first-order valence-electron chi connectivity index (χ1n) is 9.81. The lowest BCUT2D eigenvalue weighted by Crippen LogP contribution is -2.39. The molecule has 0 bridgehead atoms. The lowest BCUT2D eigenvalue weighted by Gasteiger charge is -2.25. The smallest absolute Gasteiger partial charge is 0.257 e. The lowest BCUT2D eigenvalue weighted by molar-refractivity contribution is 0.0686. The Bertz CT molecular complexity index is 913. The number of carbonyl (C=O) groups excluding carboxylic acids is 2. The molecule has 29 heavy (non-hydrogen) atoms. The van der Waals surface area contributed by atoms with E-state index in [1.54, 1.807) is 29.2 Å². The van der Waals surface area contributed by atoms with Crippen molar-refractivity contribution in [1.82, 2.24) is 10.2 Å². The molecular formula is C22H22F2N2O3. The Balaban J connectivity index is 1.36. The fourth-order valence-electron chi connectivity index (χ4n) is 3.49. The van der Waals surface area contributed by atoms with E-state index in [4.69, 9.17) is 4.74 Å². The summed E-state index contributed by atoms with van der Waals surface area (Å²) in [6, 6.07) is 9.95. The van der Waals surface area contributed by atoms with E-state index in [-0.39, 0.29) is 24.1 Å². The molecule has 0 aromatic heterocycles. The van der Waals surface area contributed by atoms with Crippen molar-refractivity contribution in [2.75, 3.05) is 13.2 Å². The van der Waals surface area contributed by atoms with Crippen molar-refractivity contribution < 1.29 is 23.1 Å². The summed E-state index contributed by atoms with van der Waals surface area (Å²) in [7, 11) is 0. The van der Waals surface area contributed by atoms with Gasteiger partial charge in [-0.05, 0) is 62.1 Å². The van der Waals surface area contributed by atoms with Crippen LogP contribution in [0.15, 0.2) is 42.5 Å². The molecule has 2 aromatic rings. The number of likely N-dealkylation sites (tertiary alicyclic amines) is 1. The second-order valence-corrected chi connectivity index (χ2v) is 7.50. The average Bonchev–Trinajstić information content (AvgIpc) is 3.39. The highest BCUT2D eigenvalue weighted by Crippen LogP contribution is 2.24. The van der Waals surface area contributed by atoms with Gasteiger partial charge < -0.3 is 15.0 Å². The Labute approximate surface area is 167 Å². The van der Waals surface area contributed by atoms with Crippen LogP contribution in [0.25, 0.3) is 0 Å². The lowest BCUT2D eigenvalue weighted by atomic mass is 10.1. The van der Waals surface area contributed by atoms with Crippen molar-refractivity contribution in [2.24, 2.45) is 0 Å². The number of halogens is 2. The van der Waals surface area contributed by atoms with Gasteiger partial charge >= 0.3 is 0 Å². The molecule has 5 nitrogen and oxygen atoms in total. The summed E-state index contributed by atoms with van der Waals surface area (Å²) >= 11 is 0. The van der Waals surface area contributed by atoms with Crippen LogP contribution < -0.4 is 10.1 Å². The topological polar surface area (TPSA) is 58.6 Å². The van der Waals surface area contributed by atoms with E-state index in [2.05, 4.69) is 5.32 Å². The Hall–Kier alpha value is -2.96. The maximum atomic E-state index is 14.0. The minimum atomic E-state index is -0.860. The number of nitrogens with one attached hydrogen (secondary N) is 1. The van der Waals surface area contributed by atoms with E-state index < -0.39 is 17.5 Å². The minimum Gasteiger partial charge on any atom is -0.491 e. The molecule has 1 aliphatic heterocycles. The van der Waals surface area contributed by atoms with Crippen molar-refractivity contribution in [1.29, 1.82) is 0 Å². The molecule has 1 unspecified atom stereocenters. The molecular weight excluding hydrogens is 378 g/mol. The maximum Gasteiger partial charge on any atom is 0.257 e. The first kappa shape index (κ1) is 19.4. The van der Waals surface area contributed by atoms with Gasteiger partial charge in [0.15, 0.2) is 0 Å². The Morgan fingerprint density at radius 1 is 1.07 bits per heavy atom. The summed E-state index contributed by atoms with van der Waals surface area (Å²) in [5, 5.41) is 2.93. The number of nitrogens with zero attached hydrogens (tertiary/aromatic N) is 1. The van der Waals surface area contributed by atoms with E-state index in [0.29, 0.717) is 23.9 Å². The van der Waals surface area contributed by atoms with Gasteiger partial charge in [-0.1, -0.05) is 0 Å². The minimum absolute atomic E-state index is 0.0899. The molecule has 1 aliphatic carbocycles. The molecule has 2 fully saturated rings.